The molecule has 1 aromatic carbocycles. The summed E-state index contributed by atoms with van der Waals surface area (Å²) in [5.41, 5.74) is 2.36. The number of thioether (sulfide) groups is 1. The van der Waals surface area contributed by atoms with Crippen LogP contribution in [-0.2, 0) is 9.53 Å². The number of thiocarbonyl (C=S) groups is 1. The van der Waals surface area contributed by atoms with Crippen LogP contribution in [0.5, 0.6) is 11.6 Å². The molecule has 0 N–H and O–H groups in total. The minimum absolute atomic E-state index is 0.153. The van der Waals surface area contributed by atoms with Crippen LogP contribution < -0.4 is 10.3 Å². The van der Waals surface area contributed by atoms with Crippen LogP contribution in [0.25, 0.3) is 11.7 Å². The molecule has 36 heavy (non-hydrogen) atoms. The van der Waals surface area contributed by atoms with Crippen LogP contribution in [0, 0.1) is 6.92 Å². The minimum atomic E-state index is -0.323. The van der Waals surface area contributed by atoms with Gasteiger partial charge in [0, 0.05) is 26.0 Å². The Morgan fingerprint density at radius 3 is 2.75 bits per heavy atom. The van der Waals surface area contributed by atoms with Crippen molar-refractivity contribution in [3.05, 3.63) is 74.5 Å². The van der Waals surface area contributed by atoms with Crippen LogP contribution in [0.3, 0.4) is 0 Å². The Morgan fingerprint density at radius 2 is 2.00 bits per heavy atom. The fraction of sp³-hybridized carbons (Fsp3) is 0.333. The lowest BCUT2D eigenvalue weighted by Gasteiger charge is -2.16. The topological polar surface area (TPSA) is 73.1 Å². The maximum atomic E-state index is 13.5. The van der Waals surface area contributed by atoms with Crippen molar-refractivity contribution in [2.24, 2.45) is 0 Å². The normalized spacial score (nSPS) is 15.0. The summed E-state index contributed by atoms with van der Waals surface area (Å²) in [4.78, 5) is 33.3. The van der Waals surface area contributed by atoms with Crippen LogP contribution >= 0.6 is 24.0 Å². The number of benzene rings is 1. The molecule has 0 radical (unpaired) electrons. The summed E-state index contributed by atoms with van der Waals surface area (Å²) in [6, 6.07) is 11.3. The number of rotatable bonds is 9. The van der Waals surface area contributed by atoms with E-state index in [0.717, 1.165) is 11.1 Å². The molecule has 1 aliphatic rings. The predicted octanol–water partition coefficient (Wildman–Crippen LogP) is 5.55. The van der Waals surface area contributed by atoms with Crippen molar-refractivity contribution in [3.8, 4) is 11.6 Å². The molecule has 9 heteroatoms. The van der Waals surface area contributed by atoms with Gasteiger partial charge in [0.15, 0.2) is 0 Å². The van der Waals surface area contributed by atoms with Crippen LogP contribution in [0.4, 0.5) is 0 Å². The van der Waals surface area contributed by atoms with Gasteiger partial charge in [0.25, 0.3) is 11.5 Å². The second-order valence-electron chi connectivity index (χ2n) is 8.75. The van der Waals surface area contributed by atoms with E-state index >= 15 is 0 Å². The van der Waals surface area contributed by atoms with Crippen molar-refractivity contribution in [3.63, 3.8) is 0 Å². The second-order valence-corrected chi connectivity index (χ2v) is 10.4. The summed E-state index contributed by atoms with van der Waals surface area (Å²) >= 11 is 6.63. The summed E-state index contributed by atoms with van der Waals surface area (Å²) < 4.78 is 13.6. The zero-order chi connectivity index (χ0) is 25.8. The minimum Gasteiger partial charge on any atom is -0.438 e. The van der Waals surface area contributed by atoms with Gasteiger partial charge in [0.2, 0.25) is 5.88 Å². The molecule has 1 amide bonds. The van der Waals surface area contributed by atoms with Crippen molar-refractivity contribution in [1.29, 1.82) is 0 Å². The molecule has 3 aromatic rings. The highest BCUT2D eigenvalue weighted by Crippen LogP contribution is 2.36. The number of hydrogen-bond donors (Lipinski definition) is 0. The van der Waals surface area contributed by atoms with Crippen LogP contribution in [-0.4, -0.2) is 44.3 Å². The first-order valence-corrected chi connectivity index (χ1v) is 13.2. The van der Waals surface area contributed by atoms with E-state index in [2.05, 4.69) is 18.8 Å². The standard InChI is InChI=1S/C27H29N3O4S2/c1-5-33-14-8-13-30-26(32)22(36-27(30)35)16-20-24(28-23-9-6-7-12-29(23)25(20)31)34-21-15-18(4)10-11-19(21)17(2)3/h6-7,9-12,15-17H,5,8,13-14H2,1-4H3/b22-16+. The molecule has 0 bridgehead atoms. The van der Waals surface area contributed by atoms with E-state index in [1.165, 1.54) is 16.2 Å². The van der Waals surface area contributed by atoms with E-state index in [0.29, 0.717) is 46.8 Å². The lowest BCUT2D eigenvalue weighted by molar-refractivity contribution is -0.122. The van der Waals surface area contributed by atoms with Gasteiger partial charge >= 0.3 is 0 Å². The molecule has 3 heterocycles. The molecule has 1 aliphatic heterocycles. The number of amides is 1. The van der Waals surface area contributed by atoms with E-state index < -0.39 is 0 Å². The van der Waals surface area contributed by atoms with E-state index in [1.807, 2.05) is 38.1 Å². The summed E-state index contributed by atoms with van der Waals surface area (Å²) in [5, 5.41) is 0. The zero-order valence-electron chi connectivity index (χ0n) is 20.8. The van der Waals surface area contributed by atoms with E-state index in [4.69, 9.17) is 21.7 Å². The first kappa shape index (κ1) is 26.1. The van der Waals surface area contributed by atoms with Gasteiger partial charge in [-0.1, -0.05) is 56.0 Å². The van der Waals surface area contributed by atoms with Crippen LogP contribution in [0.2, 0.25) is 0 Å². The monoisotopic (exact) mass is 523 g/mol. The molecule has 1 saturated heterocycles. The van der Waals surface area contributed by atoms with Crippen LogP contribution in [0.1, 0.15) is 49.8 Å². The van der Waals surface area contributed by atoms with Gasteiger partial charge in [-0.25, -0.2) is 0 Å². The molecule has 2 aromatic heterocycles. The third kappa shape index (κ3) is 5.53. The average Bonchev–Trinajstić information content (AvgIpc) is 3.11. The predicted molar refractivity (Wildman–Crippen MR) is 148 cm³/mol. The zero-order valence-corrected chi connectivity index (χ0v) is 22.4. The maximum absolute atomic E-state index is 13.5. The van der Waals surface area contributed by atoms with Gasteiger partial charge in [0.1, 0.15) is 21.3 Å². The number of fused-ring (bicyclic) bond motifs is 1. The molecular formula is C27H29N3O4S2. The summed E-state index contributed by atoms with van der Waals surface area (Å²) in [5.74, 6) is 0.762. The van der Waals surface area contributed by atoms with E-state index in [1.54, 1.807) is 29.3 Å². The first-order chi connectivity index (χ1) is 17.3. The molecule has 0 unspecified atom stereocenters. The molecule has 0 aliphatic carbocycles. The van der Waals surface area contributed by atoms with E-state index in [9.17, 15) is 9.59 Å². The lowest BCUT2D eigenvalue weighted by Crippen LogP contribution is -2.29. The average molecular weight is 524 g/mol. The van der Waals surface area contributed by atoms with E-state index in [-0.39, 0.29) is 28.8 Å². The second kappa shape index (κ2) is 11.4. The quantitative estimate of drug-likeness (QED) is 0.207. The van der Waals surface area contributed by atoms with Gasteiger partial charge in [-0.15, -0.1) is 0 Å². The Hall–Kier alpha value is -3.01. The van der Waals surface area contributed by atoms with Gasteiger partial charge in [-0.05, 0) is 61.6 Å². The van der Waals surface area contributed by atoms with Crippen molar-refractivity contribution in [2.75, 3.05) is 19.8 Å². The van der Waals surface area contributed by atoms with Gasteiger partial charge in [-0.3, -0.25) is 18.9 Å². The summed E-state index contributed by atoms with van der Waals surface area (Å²) in [6.07, 6.45) is 3.88. The molecule has 188 valence electrons. The fourth-order valence-electron chi connectivity index (χ4n) is 3.89. The Labute approximate surface area is 220 Å². The molecular weight excluding hydrogens is 494 g/mol. The van der Waals surface area contributed by atoms with Crippen molar-refractivity contribution in [2.45, 2.75) is 40.0 Å². The Bertz CT molecular complexity index is 1400. The molecule has 0 atom stereocenters. The highest BCUT2D eigenvalue weighted by Gasteiger charge is 2.32. The molecule has 4 rings (SSSR count). The van der Waals surface area contributed by atoms with Gasteiger partial charge < -0.3 is 9.47 Å². The number of ether oxygens (including phenoxy) is 2. The third-order valence-corrected chi connectivity index (χ3v) is 7.13. The van der Waals surface area contributed by atoms with Crippen molar-refractivity contribution >= 4 is 45.9 Å². The van der Waals surface area contributed by atoms with Crippen molar-refractivity contribution < 1.29 is 14.3 Å². The highest BCUT2D eigenvalue weighted by molar-refractivity contribution is 8.26. The number of carbonyl (C=O) groups is 1. The summed E-state index contributed by atoms with van der Waals surface area (Å²) in [7, 11) is 0. The number of aromatic nitrogens is 2. The Morgan fingerprint density at radius 1 is 1.19 bits per heavy atom. The molecule has 0 saturated carbocycles. The molecule has 0 spiro atoms. The summed E-state index contributed by atoms with van der Waals surface area (Å²) in [6.45, 7) is 9.71. The van der Waals surface area contributed by atoms with Gasteiger partial charge in [0.05, 0.1) is 4.91 Å². The number of aryl methyl sites for hydroxylation is 1. The lowest BCUT2D eigenvalue weighted by atomic mass is 10.0. The largest absolute Gasteiger partial charge is 0.438 e. The Kier molecular flexibility index (Phi) is 8.23. The van der Waals surface area contributed by atoms with Crippen molar-refractivity contribution in [1.82, 2.24) is 14.3 Å². The molecule has 1 fully saturated rings. The molecule has 7 nitrogen and oxygen atoms in total. The number of hydrogen-bond acceptors (Lipinski definition) is 7. The highest BCUT2D eigenvalue weighted by atomic mass is 32.2. The number of pyridine rings is 1. The number of carbonyl (C=O) groups excluding carboxylic acids is 1. The van der Waals surface area contributed by atoms with Crippen LogP contribution in [0.15, 0.2) is 52.3 Å². The number of nitrogens with zero attached hydrogens (tertiary/aromatic N) is 3. The van der Waals surface area contributed by atoms with Gasteiger partial charge in [-0.2, -0.15) is 4.98 Å². The smallest absolute Gasteiger partial charge is 0.269 e. The third-order valence-electron chi connectivity index (χ3n) is 5.76. The first-order valence-electron chi connectivity index (χ1n) is 11.9. The fourth-order valence-corrected chi connectivity index (χ4v) is 5.18. The maximum Gasteiger partial charge on any atom is 0.269 e. The SMILES string of the molecule is CCOCCCN1C(=O)/C(=C\c2c(Oc3cc(C)ccc3C(C)C)nc3ccccn3c2=O)SC1=S. The Balaban J connectivity index is 1.77.